The molecular formula is C14H19N3O3S. The van der Waals surface area contributed by atoms with Gasteiger partial charge in [0.2, 0.25) is 0 Å². The molecule has 2 aliphatic rings. The Balaban J connectivity index is 1.61. The van der Waals surface area contributed by atoms with Gasteiger partial charge < -0.3 is 15.5 Å². The van der Waals surface area contributed by atoms with E-state index in [2.05, 4.69) is 20.1 Å². The lowest BCUT2D eigenvalue weighted by Crippen LogP contribution is -2.49. The first-order valence-electron chi connectivity index (χ1n) is 7.29. The largest absolute Gasteiger partial charge is 0.491 e. The van der Waals surface area contributed by atoms with Crippen LogP contribution in [0.2, 0.25) is 0 Å². The summed E-state index contributed by atoms with van der Waals surface area (Å²) in [7, 11) is 0. The zero-order valence-corrected chi connectivity index (χ0v) is 12.4. The molecule has 21 heavy (non-hydrogen) atoms. The SMILES string of the molecule is O=C(O)C1CC2CC(/C=C/c3nsnc3O)CCC2CN1. The first-order valence-corrected chi connectivity index (χ1v) is 8.02. The molecule has 7 heteroatoms. The molecule has 0 spiro atoms. The Hall–Kier alpha value is -1.47. The Bertz CT molecular complexity index is 545. The highest BCUT2D eigenvalue weighted by molar-refractivity contribution is 6.99. The van der Waals surface area contributed by atoms with Gasteiger partial charge in [-0.05, 0) is 56.1 Å². The number of aromatic nitrogens is 2. The number of nitrogens with zero attached hydrogens (tertiary/aromatic N) is 2. The molecular weight excluding hydrogens is 290 g/mol. The maximum absolute atomic E-state index is 11.1. The topological polar surface area (TPSA) is 95.3 Å². The van der Waals surface area contributed by atoms with Crippen molar-refractivity contribution in [2.24, 2.45) is 17.8 Å². The predicted octanol–water partition coefficient (Wildman–Crippen LogP) is 1.74. The van der Waals surface area contributed by atoms with Gasteiger partial charge in [-0.15, -0.1) is 4.37 Å². The standard InChI is InChI=1S/C14H19N3O3S/c18-13-11(16-21-17-13)4-2-8-1-3-9-7-15-12(14(19)20)6-10(9)5-8/h2,4,8-10,12,15H,1,3,5-7H2,(H,17,18)(H,19,20)/b4-2+. The number of carboxylic acid groups (broad SMARTS) is 1. The van der Waals surface area contributed by atoms with E-state index in [0.29, 0.717) is 29.9 Å². The molecule has 0 aromatic carbocycles. The van der Waals surface area contributed by atoms with E-state index in [-0.39, 0.29) is 5.88 Å². The van der Waals surface area contributed by atoms with E-state index in [9.17, 15) is 9.90 Å². The number of hydrogen-bond donors (Lipinski definition) is 3. The van der Waals surface area contributed by atoms with Crippen molar-refractivity contribution < 1.29 is 15.0 Å². The zero-order valence-electron chi connectivity index (χ0n) is 11.6. The lowest BCUT2D eigenvalue weighted by molar-refractivity contribution is -0.141. The first kappa shape index (κ1) is 14.5. The highest BCUT2D eigenvalue weighted by Gasteiger charge is 2.36. The molecule has 4 atom stereocenters. The summed E-state index contributed by atoms with van der Waals surface area (Å²) in [6, 6.07) is -0.402. The van der Waals surface area contributed by atoms with Crippen molar-refractivity contribution >= 4 is 23.8 Å². The zero-order chi connectivity index (χ0) is 14.8. The van der Waals surface area contributed by atoms with Gasteiger partial charge in [0.15, 0.2) is 0 Å². The molecule has 1 aliphatic heterocycles. The molecule has 0 bridgehead atoms. The Morgan fingerprint density at radius 2 is 2.14 bits per heavy atom. The van der Waals surface area contributed by atoms with Crippen LogP contribution >= 0.6 is 11.7 Å². The minimum absolute atomic E-state index is 0.0160. The summed E-state index contributed by atoms with van der Waals surface area (Å²) in [5.41, 5.74) is 0.524. The number of carboxylic acids is 1. The minimum Gasteiger partial charge on any atom is -0.491 e. The molecule has 4 unspecified atom stereocenters. The van der Waals surface area contributed by atoms with E-state index in [1.54, 1.807) is 0 Å². The number of rotatable bonds is 3. The van der Waals surface area contributed by atoms with Crippen molar-refractivity contribution in [1.29, 1.82) is 0 Å². The van der Waals surface area contributed by atoms with Gasteiger partial charge in [0, 0.05) is 0 Å². The van der Waals surface area contributed by atoms with Gasteiger partial charge in [0.05, 0.1) is 11.7 Å². The van der Waals surface area contributed by atoms with Gasteiger partial charge in [-0.1, -0.05) is 6.08 Å². The summed E-state index contributed by atoms with van der Waals surface area (Å²) >= 11 is 1.000. The van der Waals surface area contributed by atoms with Crippen LogP contribution in [0.4, 0.5) is 0 Å². The average molecular weight is 309 g/mol. The molecule has 1 aromatic rings. The maximum Gasteiger partial charge on any atom is 0.320 e. The number of allylic oxidation sites excluding steroid dienone is 1. The minimum atomic E-state index is -0.746. The molecule has 1 saturated heterocycles. The van der Waals surface area contributed by atoms with Gasteiger partial charge >= 0.3 is 5.97 Å². The molecule has 1 saturated carbocycles. The van der Waals surface area contributed by atoms with Crippen molar-refractivity contribution in [3.05, 3.63) is 11.8 Å². The molecule has 0 radical (unpaired) electrons. The van der Waals surface area contributed by atoms with E-state index < -0.39 is 12.0 Å². The second-order valence-corrected chi connectivity index (χ2v) is 6.49. The average Bonchev–Trinajstić information content (AvgIpc) is 2.89. The Morgan fingerprint density at radius 3 is 2.86 bits per heavy atom. The van der Waals surface area contributed by atoms with E-state index in [1.165, 1.54) is 0 Å². The summed E-state index contributed by atoms with van der Waals surface area (Å²) in [6.45, 7) is 0.814. The predicted molar refractivity (Wildman–Crippen MR) is 79.0 cm³/mol. The second kappa shape index (κ2) is 6.11. The maximum atomic E-state index is 11.1. The fourth-order valence-corrected chi connectivity index (χ4v) is 3.93. The molecule has 3 N–H and O–H groups in total. The summed E-state index contributed by atoms with van der Waals surface area (Å²) in [5.74, 6) is 0.736. The van der Waals surface area contributed by atoms with E-state index in [1.807, 2.05) is 6.08 Å². The Kier molecular flexibility index (Phi) is 4.21. The van der Waals surface area contributed by atoms with Crippen molar-refractivity contribution in [1.82, 2.24) is 14.1 Å². The normalized spacial score (nSPS) is 33.0. The van der Waals surface area contributed by atoms with Gasteiger partial charge in [-0.3, -0.25) is 4.79 Å². The van der Waals surface area contributed by atoms with Crippen LogP contribution < -0.4 is 5.32 Å². The summed E-state index contributed by atoms with van der Waals surface area (Å²) < 4.78 is 7.76. The van der Waals surface area contributed by atoms with Crippen molar-refractivity contribution in [2.45, 2.75) is 31.7 Å². The third-order valence-electron chi connectivity index (χ3n) is 4.67. The van der Waals surface area contributed by atoms with Crippen LogP contribution in [0.15, 0.2) is 6.08 Å². The number of hydrogen-bond acceptors (Lipinski definition) is 6. The fourth-order valence-electron chi connectivity index (χ4n) is 3.49. The van der Waals surface area contributed by atoms with Gasteiger partial charge in [-0.25, -0.2) is 0 Å². The van der Waals surface area contributed by atoms with Crippen molar-refractivity contribution in [3.8, 4) is 5.88 Å². The monoisotopic (exact) mass is 309 g/mol. The molecule has 2 heterocycles. The number of carbonyl (C=O) groups is 1. The molecule has 1 aliphatic carbocycles. The lowest BCUT2D eigenvalue weighted by Gasteiger charge is -2.41. The van der Waals surface area contributed by atoms with Gasteiger partial charge in [0.25, 0.3) is 5.88 Å². The second-order valence-electron chi connectivity index (χ2n) is 5.96. The van der Waals surface area contributed by atoms with Crippen LogP contribution in [0.1, 0.15) is 31.4 Å². The van der Waals surface area contributed by atoms with Crippen molar-refractivity contribution in [2.75, 3.05) is 6.54 Å². The number of fused-ring (bicyclic) bond motifs is 1. The highest BCUT2D eigenvalue weighted by atomic mass is 32.1. The number of aliphatic carboxylic acids is 1. The first-order chi connectivity index (χ1) is 10.1. The number of piperidine rings is 1. The quantitative estimate of drug-likeness (QED) is 0.787. The molecule has 1 aromatic heterocycles. The molecule has 0 amide bonds. The van der Waals surface area contributed by atoms with Crippen LogP contribution in [0.3, 0.4) is 0 Å². The lowest BCUT2D eigenvalue weighted by atomic mass is 9.69. The summed E-state index contributed by atoms with van der Waals surface area (Å²) in [5, 5.41) is 21.7. The number of aromatic hydroxyl groups is 1. The van der Waals surface area contributed by atoms with Gasteiger partial charge in [-0.2, -0.15) is 4.37 Å². The Morgan fingerprint density at radius 1 is 1.29 bits per heavy atom. The fraction of sp³-hybridized carbons (Fsp3) is 0.643. The van der Waals surface area contributed by atoms with Crippen LogP contribution in [0.5, 0.6) is 5.88 Å². The van der Waals surface area contributed by atoms with Crippen LogP contribution in [0, 0.1) is 17.8 Å². The van der Waals surface area contributed by atoms with Crippen LogP contribution in [-0.2, 0) is 4.79 Å². The van der Waals surface area contributed by atoms with Gasteiger partial charge in [0.1, 0.15) is 11.7 Å². The van der Waals surface area contributed by atoms with E-state index in [0.717, 1.165) is 37.5 Å². The molecule has 2 fully saturated rings. The summed E-state index contributed by atoms with van der Waals surface area (Å²) in [6.07, 6.45) is 7.89. The Labute approximate surface area is 127 Å². The highest BCUT2D eigenvalue weighted by Crippen LogP contribution is 2.39. The number of nitrogens with one attached hydrogen (secondary N) is 1. The van der Waals surface area contributed by atoms with Crippen LogP contribution in [-0.4, -0.2) is 37.5 Å². The smallest absolute Gasteiger partial charge is 0.320 e. The van der Waals surface area contributed by atoms with E-state index >= 15 is 0 Å². The van der Waals surface area contributed by atoms with Crippen LogP contribution in [0.25, 0.3) is 6.08 Å². The molecule has 3 rings (SSSR count). The third kappa shape index (κ3) is 3.24. The summed E-state index contributed by atoms with van der Waals surface area (Å²) in [4.78, 5) is 11.1. The molecule has 6 nitrogen and oxygen atoms in total. The third-order valence-corrected chi connectivity index (χ3v) is 5.20. The molecule has 114 valence electrons. The van der Waals surface area contributed by atoms with Crippen molar-refractivity contribution in [3.63, 3.8) is 0 Å². The van der Waals surface area contributed by atoms with E-state index in [4.69, 9.17) is 5.11 Å².